The second-order valence-corrected chi connectivity index (χ2v) is 9.82. The third-order valence-corrected chi connectivity index (χ3v) is 6.45. The number of nitrogens with one attached hydrogen (secondary N) is 1. The lowest BCUT2D eigenvalue weighted by Crippen LogP contribution is -2.40. The fraction of sp³-hybridized carbons (Fsp3) is 0.364. The zero-order chi connectivity index (χ0) is 21.9. The molecular weight excluding hydrogens is 424 g/mol. The number of imide groups is 1. The zero-order valence-electron chi connectivity index (χ0n) is 17.2. The van der Waals surface area contributed by atoms with E-state index in [1.807, 2.05) is 43.3 Å². The van der Waals surface area contributed by atoms with E-state index >= 15 is 0 Å². The van der Waals surface area contributed by atoms with E-state index in [4.69, 9.17) is 16.3 Å². The molecule has 0 aromatic heterocycles. The smallest absolute Gasteiger partial charge is 0.325 e. The van der Waals surface area contributed by atoms with E-state index in [0.29, 0.717) is 28.7 Å². The highest BCUT2D eigenvalue weighted by atomic mass is 35.5. The predicted octanol–water partition coefficient (Wildman–Crippen LogP) is 4.41. The van der Waals surface area contributed by atoms with Crippen LogP contribution in [0.3, 0.4) is 0 Å². The number of halogens is 1. The minimum absolute atomic E-state index is 0.246. The topological polar surface area (TPSA) is 75.7 Å². The molecule has 6 nitrogen and oxygen atoms in total. The van der Waals surface area contributed by atoms with Crippen molar-refractivity contribution in [1.82, 2.24) is 10.2 Å². The number of benzene rings is 2. The van der Waals surface area contributed by atoms with E-state index in [1.165, 1.54) is 4.90 Å². The van der Waals surface area contributed by atoms with Crippen LogP contribution in [0.2, 0.25) is 5.02 Å². The van der Waals surface area contributed by atoms with Crippen LogP contribution >= 0.6 is 11.6 Å². The Morgan fingerprint density at radius 1 is 1.13 bits per heavy atom. The Hall–Kier alpha value is -2.38. The van der Waals surface area contributed by atoms with Crippen molar-refractivity contribution in [2.45, 2.75) is 38.5 Å². The van der Waals surface area contributed by atoms with Gasteiger partial charge in [-0.25, -0.2) is 4.79 Å². The maximum atomic E-state index is 12.4. The average molecular weight is 449 g/mol. The van der Waals surface area contributed by atoms with Crippen LogP contribution in [0.5, 0.6) is 11.5 Å². The summed E-state index contributed by atoms with van der Waals surface area (Å²) in [7, 11) is -1.09. The minimum Gasteiger partial charge on any atom is -0.457 e. The van der Waals surface area contributed by atoms with Crippen LogP contribution in [0.4, 0.5) is 4.79 Å². The van der Waals surface area contributed by atoms with Gasteiger partial charge in [-0.05, 0) is 68.7 Å². The molecule has 0 radical (unpaired) electrons. The van der Waals surface area contributed by atoms with E-state index in [2.05, 4.69) is 5.32 Å². The first kappa shape index (κ1) is 22.3. The molecule has 0 bridgehead atoms. The van der Waals surface area contributed by atoms with Gasteiger partial charge in [0.2, 0.25) is 0 Å². The molecule has 1 N–H and O–H groups in total. The number of urea groups is 1. The van der Waals surface area contributed by atoms with Crippen LogP contribution < -0.4 is 10.1 Å². The first-order valence-electron chi connectivity index (χ1n) is 9.68. The van der Waals surface area contributed by atoms with Crippen molar-refractivity contribution in [2.75, 3.05) is 12.3 Å². The van der Waals surface area contributed by atoms with E-state index < -0.39 is 16.3 Å². The Bertz CT molecular complexity index is 976. The van der Waals surface area contributed by atoms with Crippen LogP contribution in [0.1, 0.15) is 31.4 Å². The molecule has 3 rings (SSSR count). The van der Waals surface area contributed by atoms with Gasteiger partial charge in [-0.1, -0.05) is 23.7 Å². The number of hydrogen-bond donors (Lipinski definition) is 1. The molecule has 0 spiro atoms. The lowest BCUT2D eigenvalue weighted by Gasteiger charge is -2.15. The van der Waals surface area contributed by atoms with Gasteiger partial charge in [0.1, 0.15) is 17.0 Å². The fourth-order valence-electron chi connectivity index (χ4n) is 3.17. The molecular formula is C22H25ClN2O4S. The average Bonchev–Trinajstić information content (AvgIpc) is 2.87. The molecule has 0 aliphatic carbocycles. The summed E-state index contributed by atoms with van der Waals surface area (Å²) in [6.07, 6.45) is 0.499. The predicted molar refractivity (Wildman–Crippen MR) is 118 cm³/mol. The van der Waals surface area contributed by atoms with Crippen molar-refractivity contribution < 1.29 is 18.5 Å². The Morgan fingerprint density at radius 2 is 1.83 bits per heavy atom. The summed E-state index contributed by atoms with van der Waals surface area (Å²) in [6, 6.07) is 12.5. The van der Waals surface area contributed by atoms with Gasteiger partial charge in [-0.3, -0.25) is 13.9 Å². The van der Waals surface area contributed by atoms with Crippen molar-refractivity contribution in [3.05, 3.63) is 58.6 Å². The van der Waals surface area contributed by atoms with Crippen molar-refractivity contribution in [3.8, 4) is 11.5 Å². The van der Waals surface area contributed by atoms with Crippen LogP contribution in [-0.4, -0.2) is 38.9 Å². The Balaban J connectivity index is 1.48. The Morgan fingerprint density at radius 3 is 2.43 bits per heavy atom. The summed E-state index contributed by atoms with van der Waals surface area (Å²) in [4.78, 5) is 25.2. The highest BCUT2D eigenvalue weighted by Gasteiger charge is 2.43. The minimum atomic E-state index is -1.09. The molecule has 8 heteroatoms. The lowest BCUT2D eigenvalue weighted by molar-refractivity contribution is -0.130. The quantitative estimate of drug-likeness (QED) is 0.607. The highest BCUT2D eigenvalue weighted by molar-refractivity contribution is 7.84. The van der Waals surface area contributed by atoms with Crippen molar-refractivity contribution >= 4 is 34.3 Å². The highest BCUT2D eigenvalue weighted by Crippen LogP contribution is 2.27. The molecule has 2 aromatic carbocycles. The first-order valence-corrected chi connectivity index (χ1v) is 11.5. The molecule has 2 aromatic rings. The summed E-state index contributed by atoms with van der Waals surface area (Å²) in [5.74, 6) is 2.01. The molecule has 30 heavy (non-hydrogen) atoms. The molecule has 1 saturated heterocycles. The van der Waals surface area contributed by atoms with Gasteiger partial charge in [-0.15, -0.1) is 0 Å². The van der Waals surface area contributed by atoms with Crippen molar-refractivity contribution in [2.24, 2.45) is 0 Å². The maximum Gasteiger partial charge on any atom is 0.325 e. The Kier molecular flexibility index (Phi) is 6.83. The van der Waals surface area contributed by atoms with Crippen LogP contribution in [0, 0.1) is 6.92 Å². The first-order chi connectivity index (χ1) is 14.2. The largest absolute Gasteiger partial charge is 0.457 e. The SMILES string of the molecule is Cc1cc(Cl)ccc1Oc1ccc(CS(=O)CCCN2C(=O)NC(C)(C)C2=O)cc1. The zero-order valence-corrected chi connectivity index (χ0v) is 18.8. The van der Waals surface area contributed by atoms with Gasteiger partial charge in [0, 0.05) is 33.9 Å². The summed E-state index contributed by atoms with van der Waals surface area (Å²) in [5.41, 5.74) is 1.01. The van der Waals surface area contributed by atoms with E-state index in [9.17, 15) is 13.8 Å². The molecule has 0 saturated carbocycles. The number of hydrogen-bond acceptors (Lipinski definition) is 4. The second kappa shape index (κ2) is 9.18. The van der Waals surface area contributed by atoms with E-state index in [0.717, 1.165) is 16.9 Å². The molecule has 1 unspecified atom stereocenters. The third kappa shape index (κ3) is 5.40. The monoisotopic (exact) mass is 448 g/mol. The van der Waals surface area contributed by atoms with Gasteiger partial charge in [0.15, 0.2) is 0 Å². The van der Waals surface area contributed by atoms with Crippen LogP contribution in [0.15, 0.2) is 42.5 Å². The lowest BCUT2D eigenvalue weighted by atomic mass is 10.1. The summed E-state index contributed by atoms with van der Waals surface area (Å²) >= 11 is 5.97. The molecule has 160 valence electrons. The van der Waals surface area contributed by atoms with Gasteiger partial charge in [-0.2, -0.15) is 0 Å². The van der Waals surface area contributed by atoms with Gasteiger partial charge in [0.25, 0.3) is 5.91 Å². The second-order valence-electron chi connectivity index (χ2n) is 7.81. The number of ether oxygens (including phenoxy) is 1. The molecule has 1 aliphatic heterocycles. The van der Waals surface area contributed by atoms with Crippen molar-refractivity contribution in [3.63, 3.8) is 0 Å². The number of aryl methyl sites for hydroxylation is 1. The number of rotatable bonds is 8. The maximum absolute atomic E-state index is 12.4. The summed E-state index contributed by atoms with van der Waals surface area (Å²) in [6.45, 7) is 5.55. The van der Waals surface area contributed by atoms with Crippen molar-refractivity contribution in [1.29, 1.82) is 0 Å². The number of carbonyl (C=O) groups excluding carboxylic acids is 2. The molecule has 1 aliphatic rings. The summed E-state index contributed by atoms with van der Waals surface area (Å²) < 4.78 is 18.3. The molecule has 3 amide bonds. The normalized spacial score (nSPS) is 16.5. The van der Waals surface area contributed by atoms with E-state index in [1.54, 1.807) is 19.9 Å². The molecule has 1 atom stereocenters. The number of carbonyl (C=O) groups is 2. The van der Waals surface area contributed by atoms with Gasteiger partial charge in [0.05, 0.1) is 0 Å². The molecule has 1 heterocycles. The number of amides is 3. The van der Waals surface area contributed by atoms with Crippen LogP contribution in [0.25, 0.3) is 0 Å². The van der Waals surface area contributed by atoms with Crippen LogP contribution in [-0.2, 0) is 21.3 Å². The third-order valence-electron chi connectivity index (χ3n) is 4.81. The van der Waals surface area contributed by atoms with Gasteiger partial charge < -0.3 is 10.1 Å². The van der Waals surface area contributed by atoms with E-state index in [-0.39, 0.29) is 18.5 Å². The summed E-state index contributed by atoms with van der Waals surface area (Å²) in [5, 5.41) is 3.31. The number of nitrogens with zero attached hydrogens (tertiary/aromatic N) is 1. The standard InChI is InChI=1S/C22H25ClN2O4S/c1-15-13-17(23)7-10-19(15)29-18-8-5-16(6-9-18)14-30(28)12-4-11-25-20(26)22(2,3)24-21(25)27/h5-10,13H,4,11-12,14H2,1-3H3,(H,24,27). The fourth-order valence-corrected chi connectivity index (χ4v) is 4.56. The molecule has 1 fully saturated rings. The van der Waals surface area contributed by atoms with Gasteiger partial charge >= 0.3 is 6.03 Å². The Labute approximate surface area is 184 Å².